The highest BCUT2D eigenvalue weighted by Gasteiger charge is 2.16. The molecule has 2 rings (SSSR count). The minimum atomic E-state index is -0.440. The SMILES string of the molecule is O=Cc1cccc(OC(=O)NC2CCCCC2)c1. The van der Waals surface area contributed by atoms with E-state index in [0.717, 1.165) is 32.0 Å². The third-order valence-electron chi connectivity index (χ3n) is 3.13. The molecule has 1 aliphatic carbocycles. The summed E-state index contributed by atoms with van der Waals surface area (Å²) in [5.41, 5.74) is 0.498. The molecule has 1 amide bonds. The first-order valence-electron chi connectivity index (χ1n) is 6.31. The second kappa shape index (κ2) is 6.19. The summed E-state index contributed by atoms with van der Waals surface area (Å²) >= 11 is 0. The molecule has 0 radical (unpaired) electrons. The van der Waals surface area contributed by atoms with Crippen molar-refractivity contribution in [2.24, 2.45) is 0 Å². The van der Waals surface area contributed by atoms with Crippen molar-refractivity contribution < 1.29 is 14.3 Å². The molecule has 0 bridgehead atoms. The van der Waals surface area contributed by atoms with E-state index < -0.39 is 6.09 Å². The summed E-state index contributed by atoms with van der Waals surface area (Å²) in [5.74, 6) is 0.396. The summed E-state index contributed by atoms with van der Waals surface area (Å²) in [7, 11) is 0. The number of amides is 1. The summed E-state index contributed by atoms with van der Waals surface area (Å²) < 4.78 is 5.15. The van der Waals surface area contributed by atoms with Gasteiger partial charge in [-0.3, -0.25) is 4.79 Å². The van der Waals surface area contributed by atoms with Crippen LogP contribution in [0.25, 0.3) is 0 Å². The largest absolute Gasteiger partial charge is 0.412 e. The van der Waals surface area contributed by atoms with Gasteiger partial charge in [0.25, 0.3) is 0 Å². The van der Waals surface area contributed by atoms with Crippen LogP contribution in [0.3, 0.4) is 0 Å². The number of carbonyl (C=O) groups excluding carboxylic acids is 2. The maximum absolute atomic E-state index is 11.7. The zero-order valence-corrected chi connectivity index (χ0v) is 10.2. The van der Waals surface area contributed by atoms with Gasteiger partial charge in [0.05, 0.1) is 0 Å². The molecule has 4 nitrogen and oxygen atoms in total. The Morgan fingerprint density at radius 3 is 2.78 bits per heavy atom. The Morgan fingerprint density at radius 2 is 2.06 bits per heavy atom. The van der Waals surface area contributed by atoms with Crippen molar-refractivity contribution in [2.75, 3.05) is 0 Å². The van der Waals surface area contributed by atoms with Crippen LogP contribution in [0, 0.1) is 0 Å². The number of aldehydes is 1. The molecule has 0 saturated heterocycles. The molecule has 0 atom stereocenters. The zero-order valence-electron chi connectivity index (χ0n) is 10.2. The molecule has 0 aliphatic heterocycles. The summed E-state index contributed by atoms with van der Waals surface area (Å²) in [6, 6.07) is 6.78. The topological polar surface area (TPSA) is 55.4 Å². The molecule has 0 heterocycles. The smallest absolute Gasteiger partial charge is 0.410 e. The maximum Gasteiger partial charge on any atom is 0.412 e. The van der Waals surface area contributed by atoms with Crippen LogP contribution in [0.4, 0.5) is 4.79 Å². The molecule has 1 fully saturated rings. The van der Waals surface area contributed by atoms with E-state index in [9.17, 15) is 9.59 Å². The lowest BCUT2D eigenvalue weighted by molar-refractivity contribution is 0.112. The van der Waals surface area contributed by atoms with E-state index in [0.29, 0.717) is 11.3 Å². The first kappa shape index (κ1) is 12.6. The standard InChI is InChI=1S/C14H17NO3/c16-10-11-5-4-8-13(9-11)18-14(17)15-12-6-2-1-3-7-12/h4-5,8-10,12H,1-3,6-7H2,(H,15,17). The van der Waals surface area contributed by atoms with Gasteiger partial charge in [0.2, 0.25) is 0 Å². The van der Waals surface area contributed by atoms with Crippen LogP contribution < -0.4 is 10.1 Å². The van der Waals surface area contributed by atoms with Crippen LogP contribution in [-0.4, -0.2) is 18.4 Å². The van der Waals surface area contributed by atoms with Crippen LogP contribution in [0.1, 0.15) is 42.5 Å². The molecule has 1 N–H and O–H groups in total. The molecule has 1 aliphatic rings. The molecule has 0 aromatic heterocycles. The van der Waals surface area contributed by atoms with Gasteiger partial charge in [-0.2, -0.15) is 0 Å². The zero-order chi connectivity index (χ0) is 12.8. The molecule has 0 spiro atoms. The van der Waals surface area contributed by atoms with Crippen LogP contribution in [-0.2, 0) is 0 Å². The fourth-order valence-corrected chi connectivity index (χ4v) is 2.20. The van der Waals surface area contributed by atoms with Crippen LogP contribution in [0.5, 0.6) is 5.75 Å². The van der Waals surface area contributed by atoms with Gasteiger partial charge < -0.3 is 10.1 Å². The number of hydrogen-bond donors (Lipinski definition) is 1. The van der Waals surface area contributed by atoms with Gasteiger partial charge in [-0.05, 0) is 25.0 Å². The van der Waals surface area contributed by atoms with Crippen molar-refractivity contribution in [2.45, 2.75) is 38.1 Å². The van der Waals surface area contributed by atoms with Crippen LogP contribution >= 0.6 is 0 Å². The first-order chi connectivity index (χ1) is 8.78. The summed E-state index contributed by atoms with van der Waals surface area (Å²) in [6.07, 6.45) is 5.88. The molecule has 4 heteroatoms. The summed E-state index contributed by atoms with van der Waals surface area (Å²) in [4.78, 5) is 22.3. The first-order valence-corrected chi connectivity index (χ1v) is 6.31. The van der Waals surface area contributed by atoms with E-state index in [4.69, 9.17) is 4.74 Å². The Balaban J connectivity index is 1.87. The van der Waals surface area contributed by atoms with Crippen LogP contribution in [0.15, 0.2) is 24.3 Å². The van der Waals surface area contributed by atoms with E-state index >= 15 is 0 Å². The van der Waals surface area contributed by atoms with Gasteiger partial charge in [-0.25, -0.2) is 4.79 Å². The van der Waals surface area contributed by atoms with E-state index in [2.05, 4.69) is 5.32 Å². The fraction of sp³-hybridized carbons (Fsp3) is 0.429. The lowest BCUT2D eigenvalue weighted by Crippen LogP contribution is -2.38. The quantitative estimate of drug-likeness (QED) is 0.835. The number of nitrogens with one attached hydrogen (secondary N) is 1. The van der Waals surface area contributed by atoms with Crippen molar-refractivity contribution in [3.05, 3.63) is 29.8 Å². The van der Waals surface area contributed by atoms with Crippen molar-refractivity contribution in [1.82, 2.24) is 5.32 Å². The molecule has 0 unspecified atom stereocenters. The lowest BCUT2D eigenvalue weighted by Gasteiger charge is -2.22. The minimum absolute atomic E-state index is 0.223. The van der Waals surface area contributed by atoms with Gasteiger partial charge in [0, 0.05) is 11.6 Å². The second-order valence-corrected chi connectivity index (χ2v) is 4.56. The fourth-order valence-electron chi connectivity index (χ4n) is 2.20. The number of ether oxygens (including phenoxy) is 1. The van der Waals surface area contributed by atoms with E-state index in [1.807, 2.05) is 0 Å². The Labute approximate surface area is 106 Å². The monoisotopic (exact) mass is 247 g/mol. The van der Waals surface area contributed by atoms with Crippen LogP contribution in [0.2, 0.25) is 0 Å². The molecular formula is C14H17NO3. The third kappa shape index (κ3) is 3.58. The predicted octanol–water partition coefficient (Wildman–Crippen LogP) is 2.92. The normalized spacial score (nSPS) is 16.0. The van der Waals surface area contributed by atoms with Crippen molar-refractivity contribution >= 4 is 12.4 Å². The lowest BCUT2D eigenvalue weighted by atomic mass is 9.96. The molecule has 1 aromatic rings. The highest BCUT2D eigenvalue weighted by atomic mass is 16.6. The van der Waals surface area contributed by atoms with Gasteiger partial charge in [0.15, 0.2) is 0 Å². The number of hydrogen-bond acceptors (Lipinski definition) is 3. The Morgan fingerprint density at radius 1 is 1.28 bits per heavy atom. The summed E-state index contributed by atoms with van der Waals surface area (Å²) in [6.45, 7) is 0. The second-order valence-electron chi connectivity index (χ2n) is 4.56. The van der Waals surface area contributed by atoms with E-state index in [1.54, 1.807) is 24.3 Å². The molecule has 18 heavy (non-hydrogen) atoms. The average Bonchev–Trinajstić information content (AvgIpc) is 2.40. The highest BCUT2D eigenvalue weighted by molar-refractivity contribution is 5.76. The Bertz CT molecular complexity index is 425. The Hall–Kier alpha value is -1.84. The third-order valence-corrected chi connectivity index (χ3v) is 3.13. The average molecular weight is 247 g/mol. The van der Waals surface area contributed by atoms with Crippen molar-refractivity contribution in [1.29, 1.82) is 0 Å². The number of rotatable bonds is 3. The molecular weight excluding hydrogens is 230 g/mol. The van der Waals surface area contributed by atoms with E-state index in [-0.39, 0.29) is 6.04 Å². The number of benzene rings is 1. The van der Waals surface area contributed by atoms with Crippen molar-refractivity contribution in [3.8, 4) is 5.75 Å². The number of carbonyl (C=O) groups is 2. The maximum atomic E-state index is 11.7. The van der Waals surface area contributed by atoms with E-state index in [1.165, 1.54) is 6.42 Å². The van der Waals surface area contributed by atoms with Gasteiger partial charge in [-0.15, -0.1) is 0 Å². The summed E-state index contributed by atoms with van der Waals surface area (Å²) in [5, 5.41) is 2.86. The molecule has 1 aromatic carbocycles. The van der Waals surface area contributed by atoms with Crippen molar-refractivity contribution in [3.63, 3.8) is 0 Å². The van der Waals surface area contributed by atoms with Gasteiger partial charge in [-0.1, -0.05) is 31.4 Å². The van der Waals surface area contributed by atoms with Gasteiger partial charge >= 0.3 is 6.09 Å². The van der Waals surface area contributed by atoms with Gasteiger partial charge in [0.1, 0.15) is 12.0 Å². The highest BCUT2D eigenvalue weighted by Crippen LogP contribution is 2.18. The molecule has 1 saturated carbocycles. The predicted molar refractivity (Wildman–Crippen MR) is 67.9 cm³/mol. The minimum Gasteiger partial charge on any atom is -0.410 e. The molecule has 96 valence electrons. The Kier molecular flexibility index (Phi) is 4.34.